The third kappa shape index (κ3) is 2.87. The van der Waals surface area contributed by atoms with Gasteiger partial charge >= 0.3 is 0 Å². The van der Waals surface area contributed by atoms with Crippen molar-refractivity contribution in [3.8, 4) is 10.6 Å². The van der Waals surface area contributed by atoms with Crippen molar-refractivity contribution in [3.05, 3.63) is 40.9 Å². The summed E-state index contributed by atoms with van der Waals surface area (Å²) < 4.78 is 25.1. The van der Waals surface area contributed by atoms with Crippen molar-refractivity contribution < 1.29 is 8.78 Å². The molecule has 0 saturated heterocycles. The molecule has 0 radical (unpaired) electrons. The fraction of sp³-hybridized carbons (Fsp3) is 0.250. The van der Waals surface area contributed by atoms with E-state index in [0.29, 0.717) is 0 Å². The second-order valence-electron chi connectivity index (χ2n) is 3.59. The van der Waals surface area contributed by atoms with Gasteiger partial charge in [-0.25, -0.2) is 13.8 Å². The summed E-state index contributed by atoms with van der Waals surface area (Å²) in [7, 11) is 1.86. The molecule has 0 aliphatic heterocycles. The number of thiazole rings is 1. The molecule has 0 saturated carbocycles. The fourth-order valence-corrected chi connectivity index (χ4v) is 2.42. The fourth-order valence-electron chi connectivity index (χ4n) is 1.50. The van der Waals surface area contributed by atoms with Crippen LogP contribution in [-0.2, 0) is 6.54 Å². The molecule has 17 heavy (non-hydrogen) atoms. The van der Waals surface area contributed by atoms with Gasteiger partial charge in [-0.3, -0.25) is 0 Å². The van der Waals surface area contributed by atoms with Crippen LogP contribution >= 0.6 is 11.3 Å². The molecular formula is C12H12F2N2S. The number of nitrogens with one attached hydrogen (secondary N) is 1. The topological polar surface area (TPSA) is 24.9 Å². The van der Waals surface area contributed by atoms with Gasteiger partial charge in [0.1, 0.15) is 5.01 Å². The van der Waals surface area contributed by atoms with Crippen molar-refractivity contribution >= 4 is 11.3 Å². The number of alkyl halides is 2. The SMILES string of the molecule is CNCc1cnc(-c2cccc(C(F)F)c2)s1. The number of rotatable bonds is 4. The lowest BCUT2D eigenvalue weighted by molar-refractivity contribution is 0.151. The van der Waals surface area contributed by atoms with E-state index in [1.54, 1.807) is 18.3 Å². The zero-order chi connectivity index (χ0) is 12.3. The van der Waals surface area contributed by atoms with Gasteiger partial charge in [0.2, 0.25) is 0 Å². The van der Waals surface area contributed by atoms with Crippen LogP contribution in [0.25, 0.3) is 10.6 Å². The summed E-state index contributed by atoms with van der Waals surface area (Å²) in [5.41, 5.74) is 0.781. The number of hydrogen-bond acceptors (Lipinski definition) is 3. The van der Waals surface area contributed by atoms with Crippen molar-refractivity contribution in [2.75, 3.05) is 7.05 Å². The molecule has 0 bridgehead atoms. The van der Waals surface area contributed by atoms with Crippen LogP contribution in [-0.4, -0.2) is 12.0 Å². The molecule has 1 heterocycles. The highest BCUT2D eigenvalue weighted by Crippen LogP contribution is 2.28. The van der Waals surface area contributed by atoms with E-state index in [1.807, 2.05) is 7.05 Å². The number of hydrogen-bond donors (Lipinski definition) is 1. The maximum Gasteiger partial charge on any atom is 0.263 e. The van der Waals surface area contributed by atoms with Gasteiger partial charge in [0, 0.05) is 28.7 Å². The smallest absolute Gasteiger partial charge is 0.263 e. The Hall–Kier alpha value is -1.33. The molecule has 2 rings (SSSR count). The Morgan fingerprint density at radius 3 is 2.94 bits per heavy atom. The maximum atomic E-state index is 12.6. The van der Waals surface area contributed by atoms with Crippen molar-refractivity contribution in [3.63, 3.8) is 0 Å². The Morgan fingerprint density at radius 1 is 1.41 bits per heavy atom. The highest BCUT2D eigenvalue weighted by Gasteiger charge is 2.10. The molecule has 0 fully saturated rings. The third-order valence-corrected chi connectivity index (χ3v) is 3.34. The molecule has 5 heteroatoms. The predicted molar refractivity (Wildman–Crippen MR) is 65.3 cm³/mol. The molecule has 0 unspecified atom stereocenters. The first-order chi connectivity index (χ1) is 8.20. The molecule has 0 amide bonds. The minimum Gasteiger partial charge on any atom is -0.315 e. The summed E-state index contributed by atoms with van der Waals surface area (Å²) in [4.78, 5) is 5.33. The Labute approximate surface area is 102 Å². The second kappa shape index (κ2) is 5.33. The average molecular weight is 254 g/mol. The van der Waals surface area contributed by atoms with Gasteiger partial charge in [-0.05, 0) is 13.1 Å². The van der Waals surface area contributed by atoms with Crippen LogP contribution in [0.15, 0.2) is 30.5 Å². The van der Waals surface area contributed by atoms with E-state index in [4.69, 9.17) is 0 Å². The maximum absolute atomic E-state index is 12.6. The Bertz CT molecular complexity index is 497. The summed E-state index contributed by atoms with van der Waals surface area (Å²) in [6.45, 7) is 0.742. The van der Waals surface area contributed by atoms with E-state index in [-0.39, 0.29) is 5.56 Å². The Balaban J connectivity index is 2.28. The first-order valence-electron chi connectivity index (χ1n) is 5.18. The molecule has 1 aromatic carbocycles. The zero-order valence-corrected chi connectivity index (χ0v) is 10.1. The largest absolute Gasteiger partial charge is 0.315 e. The molecule has 90 valence electrons. The number of nitrogens with zero attached hydrogens (tertiary/aromatic N) is 1. The van der Waals surface area contributed by atoms with Gasteiger partial charge in [0.25, 0.3) is 6.43 Å². The van der Waals surface area contributed by atoms with E-state index in [0.717, 1.165) is 22.0 Å². The second-order valence-corrected chi connectivity index (χ2v) is 4.70. The average Bonchev–Trinajstić information content (AvgIpc) is 2.78. The van der Waals surface area contributed by atoms with Gasteiger partial charge in [-0.15, -0.1) is 11.3 Å². The first kappa shape index (κ1) is 12.1. The first-order valence-corrected chi connectivity index (χ1v) is 6.00. The van der Waals surface area contributed by atoms with Crippen LogP contribution in [0.3, 0.4) is 0 Å². The quantitative estimate of drug-likeness (QED) is 0.903. The summed E-state index contributed by atoms with van der Waals surface area (Å²) >= 11 is 1.51. The minimum atomic E-state index is -2.44. The molecule has 0 spiro atoms. The summed E-state index contributed by atoms with van der Waals surface area (Å²) in [6, 6.07) is 6.35. The number of halogens is 2. The van der Waals surface area contributed by atoms with Gasteiger partial charge in [-0.2, -0.15) is 0 Å². The summed E-state index contributed by atoms with van der Waals surface area (Å²) in [6.07, 6.45) is -0.669. The van der Waals surface area contributed by atoms with Gasteiger partial charge in [-0.1, -0.05) is 18.2 Å². The molecule has 1 aromatic heterocycles. The van der Waals surface area contributed by atoms with E-state index in [2.05, 4.69) is 10.3 Å². The molecule has 0 aliphatic rings. The highest BCUT2D eigenvalue weighted by molar-refractivity contribution is 7.15. The molecule has 0 aliphatic carbocycles. The van der Waals surface area contributed by atoms with E-state index in [1.165, 1.54) is 23.5 Å². The van der Waals surface area contributed by atoms with Crippen molar-refractivity contribution in [2.45, 2.75) is 13.0 Å². The van der Waals surface area contributed by atoms with E-state index in [9.17, 15) is 8.78 Å². The number of aromatic nitrogens is 1. The van der Waals surface area contributed by atoms with Gasteiger partial charge < -0.3 is 5.32 Å². The van der Waals surface area contributed by atoms with Crippen LogP contribution in [0.2, 0.25) is 0 Å². The van der Waals surface area contributed by atoms with Crippen LogP contribution < -0.4 is 5.32 Å². The predicted octanol–water partition coefficient (Wildman–Crippen LogP) is 3.47. The van der Waals surface area contributed by atoms with Crippen molar-refractivity contribution in [1.82, 2.24) is 10.3 Å². The molecule has 0 atom stereocenters. The molecule has 2 aromatic rings. The zero-order valence-electron chi connectivity index (χ0n) is 9.28. The lowest BCUT2D eigenvalue weighted by Crippen LogP contribution is -2.02. The van der Waals surface area contributed by atoms with Crippen LogP contribution in [0, 0.1) is 0 Å². The van der Waals surface area contributed by atoms with Crippen molar-refractivity contribution in [2.24, 2.45) is 0 Å². The lowest BCUT2D eigenvalue weighted by atomic mass is 10.1. The number of benzene rings is 1. The molecule has 1 N–H and O–H groups in total. The molecular weight excluding hydrogens is 242 g/mol. The lowest BCUT2D eigenvalue weighted by Gasteiger charge is -2.01. The summed E-state index contributed by atoms with van der Waals surface area (Å²) in [5, 5.41) is 3.80. The Morgan fingerprint density at radius 2 is 2.24 bits per heavy atom. The van der Waals surface area contributed by atoms with Crippen LogP contribution in [0.1, 0.15) is 16.9 Å². The van der Waals surface area contributed by atoms with Gasteiger partial charge in [0.05, 0.1) is 0 Å². The normalized spacial score (nSPS) is 11.1. The summed E-state index contributed by atoms with van der Waals surface area (Å²) in [5.74, 6) is 0. The van der Waals surface area contributed by atoms with Crippen LogP contribution in [0.5, 0.6) is 0 Å². The van der Waals surface area contributed by atoms with E-state index < -0.39 is 6.43 Å². The third-order valence-electron chi connectivity index (χ3n) is 2.29. The van der Waals surface area contributed by atoms with Crippen LogP contribution in [0.4, 0.5) is 8.78 Å². The van der Waals surface area contributed by atoms with Gasteiger partial charge in [0.15, 0.2) is 0 Å². The monoisotopic (exact) mass is 254 g/mol. The standard InChI is InChI=1S/C12H12F2N2S/c1-15-6-10-7-16-12(17-10)9-4-2-3-8(5-9)11(13)14/h2-5,7,11,15H,6H2,1H3. The minimum absolute atomic E-state index is 0.0351. The van der Waals surface area contributed by atoms with E-state index >= 15 is 0 Å². The van der Waals surface area contributed by atoms with Crippen molar-refractivity contribution in [1.29, 1.82) is 0 Å². The molecule has 2 nitrogen and oxygen atoms in total. The highest BCUT2D eigenvalue weighted by atomic mass is 32.1. The Kier molecular flexibility index (Phi) is 3.81.